The Hall–Kier alpha value is -3.06. The van der Waals surface area contributed by atoms with Crippen molar-refractivity contribution >= 4 is 11.9 Å². The molecule has 1 atom stereocenters. The molecule has 0 bridgehead atoms. The lowest BCUT2D eigenvalue weighted by molar-refractivity contribution is 0.1000. The molecule has 0 spiro atoms. The standard InChI is InChI=1S/C20H26N4O3/c1-24(2)18(15-7-5-9-17(11-15)27-3)13-23-20(26)22-12-14-6-4-8-16(10-14)19(21)25/h4-11,18H,12-13H2,1-3H3,(H2,21,25)(H2,22,23,26). The third-order valence-electron chi connectivity index (χ3n) is 4.22. The average Bonchev–Trinajstić information content (AvgIpc) is 2.66. The monoisotopic (exact) mass is 370 g/mol. The molecule has 0 radical (unpaired) electrons. The molecule has 0 saturated carbocycles. The van der Waals surface area contributed by atoms with E-state index in [0.29, 0.717) is 18.7 Å². The number of amides is 3. The summed E-state index contributed by atoms with van der Waals surface area (Å²) < 4.78 is 5.27. The summed E-state index contributed by atoms with van der Waals surface area (Å²) in [7, 11) is 5.54. The molecule has 7 nitrogen and oxygen atoms in total. The second-order valence-corrected chi connectivity index (χ2v) is 6.38. The van der Waals surface area contributed by atoms with Crippen LogP contribution in [0.3, 0.4) is 0 Å². The first-order chi connectivity index (χ1) is 12.9. The zero-order valence-corrected chi connectivity index (χ0v) is 15.9. The lowest BCUT2D eigenvalue weighted by atomic mass is 10.1. The third kappa shape index (κ3) is 6.00. The van der Waals surface area contributed by atoms with Crippen LogP contribution in [0.15, 0.2) is 48.5 Å². The molecule has 0 aliphatic carbocycles. The molecule has 0 fully saturated rings. The number of hydrogen-bond acceptors (Lipinski definition) is 4. The molecule has 2 aromatic carbocycles. The van der Waals surface area contributed by atoms with Crippen LogP contribution >= 0.6 is 0 Å². The zero-order valence-electron chi connectivity index (χ0n) is 15.9. The maximum Gasteiger partial charge on any atom is 0.315 e. The summed E-state index contributed by atoms with van der Waals surface area (Å²) in [5.74, 6) is 0.284. The van der Waals surface area contributed by atoms with E-state index < -0.39 is 5.91 Å². The number of nitrogens with two attached hydrogens (primary N) is 1. The predicted molar refractivity (Wildman–Crippen MR) is 105 cm³/mol. The minimum atomic E-state index is -0.492. The normalized spacial score (nSPS) is 11.7. The molecule has 3 amide bonds. The smallest absolute Gasteiger partial charge is 0.315 e. The number of benzene rings is 2. The number of urea groups is 1. The Morgan fingerprint density at radius 2 is 1.85 bits per heavy atom. The van der Waals surface area contributed by atoms with Crippen molar-refractivity contribution in [1.29, 1.82) is 0 Å². The van der Waals surface area contributed by atoms with Crippen molar-refractivity contribution in [2.45, 2.75) is 12.6 Å². The minimum absolute atomic E-state index is 0.00374. The van der Waals surface area contributed by atoms with Crippen LogP contribution in [0.25, 0.3) is 0 Å². The fraction of sp³-hybridized carbons (Fsp3) is 0.300. The molecule has 27 heavy (non-hydrogen) atoms. The van der Waals surface area contributed by atoms with Gasteiger partial charge >= 0.3 is 6.03 Å². The van der Waals surface area contributed by atoms with Crippen molar-refractivity contribution in [3.8, 4) is 5.75 Å². The highest BCUT2D eigenvalue weighted by Gasteiger charge is 2.16. The Balaban J connectivity index is 1.92. The Morgan fingerprint density at radius 3 is 2.52 bits per heavy atom. The van der Waals surface area contributed by atoms with E-state index in [4.69, 9.17) is 10.5 Å². The fourth-order valence-electron chi connectivity index (χ4n) is 2.72. The molecule has 2 rings (SSSR count). The predicted octanol–water partition coefficient (Wildman–Crippen LogP) is 1.90. The van der Waals surface area contributed by atoms with Crippen LogP contribution < -0.4 is 21.1 Å². The summed E-state index contributed by atoms with van der Waals surface area (Å²) in [5, 5.41) is 5.67. The number of nitrogens with one attached hydrogen (secondary N) is 2. The van der Waals surface area contributed by atoms with Gasteiger partial charge in [0, 0.05) is 18.7 Å². The molecule has 7 heteroatoms. The maximum absolute atomic E-state index is 12.2. The first kappa shape index (κ1) is 20.3. The second kappa shape index (κ2) is 9.59. The van der Waals surface area contributed by atoms with Crippen molar-refractivity contribution in [2.75, 3.05) is 27.7 Å². The first-order valence-electron chi connectivity index (χ1n) is 8.61. The summed E-state index contributed by atoms with van der Waals surface area (Å²) >= 11 is 0. The number of rotatable bonds is 8. The summed E-state index contributed by atoms with van der Waals surface area (Å²) in [6, 6.07) is 14.4. The average molecular weight is 370 g/mol. The topological polar surface area (TPSA) is 96.7 Å². The second-order valence-electron chi connectivity index (χ2n) is 6.38. The number of ether oxygens (including phenoxy) is 1. The van der Waals surface area contributed by atoms with Crippen LogP contribution in [0.2, 0.25) is 0 Å². The number of nitrogens with zero attached hydrogens (tertiary/aromatic N) is 1. The molecule has 1 unspecified atom stereocenters. The molecular weight excluding hydrogens is 344 g/mol. The van der Waals surface area contributed by atoms with E-state index in [1.165, 1.54) is 0 Å². The number of primary amides is 1. The van der Waals surface area contributed by atoms with Gasteiger partial charge in [0.05, 0.1) is 13.2 Å². The largest absolute Gasteiger partial charge is 0.497 e. The van der Waals surface area contributed by atoms with E-state index in [-0.39, 0.29) is 12.1 Å². The number of hydrogen-bond donors (Lipinski definition) is 3. The van der Waals surface area contributed by atoms with E-state index >= 15 is 0 Å². The van der Waals surface area contributed by atoms with Crippen LogP contribution in [-0.4, -0.2) is 44.6 Å². The van der Waals surface area contributed by atoms with Crippen LogP contribution in [0.4, 0.5) is 4.79 Å². The van der Waals surface area contributed by atoms with Gasteiger partial charge in [-0.15, -0.1) is 0 Å². The van der Waals surface area contributed by atoms with Gasteiger partial charge in [-0.3, -0.25) is 4.79 Å². The van der Waals surface area contributed by atoms with Gasteiger partial charge in [-0.1, -0.05) is 24.3 Å². The maximum atomic E-state index is 12.2. The zero-order chi connectivity index (χ0) is 19.8. The van der Waals surface area contributed by atoms with Crippen molar-refractivity contribution in [2.24, 2.45) is 5.73 Å². The van der Waals surface area contributed by atoms with Gasteiger partial charge in [-0.05, 0) is 49.5 Å². The molecule has 0 aliphatic heterocycles. The Bertz CT molecular complexity index is 792. The van der Waals surface area contributed by atoms with Crippen molar-refractivity contribution < 1.29 is 14.3 Å². The van der Waals surface area contributed by atoms with Crippen LogP contribution in [0, 0.1) is 0 Å². The summed E-state index contributed by atoms with van der Waals surface area (Å²) in [5.41, 5.74) is 7.54. The summed E-state index contributed by atoms with van der Waals surface area (Å²) in [4.78, 5) is 25.4. The van der Waals surface area contributed by atoms with Crippen LogP contribution in [0.1, 0.15) is 27.5 Å². The molecule has 144 valence electrons. The molecule has 0 aromatic heterocycles. The Morgan fingerprint density at radius 1 is 1.11 bits per heavy atom. The van der Waals surface area contributed by atoms with E-state index in [0.717, 1.165) is 16.9 Å². The lowest BCUT2D eigenvalue weighted by Gasteiger charge is -2.25. The van der Waals surface area contributed by atoms with Gasteiger partial charge in [-0.2, -0.15) is 0 Å². The highest BCUT2D eigenvalue weighted by atomic mass is 16.5. The molecule has 0 heterocycles. The minimum Gasteiger partial charge on any atom is -0.497 e. The quantitative estimate of drug-likeness (QED) is 0.661. The summed E-state index contributed by atoms with van der Waals surface area (Å²) in [6.45, 7) is 0.742. The number of methoxy groups -OCH3 is 1. The number of likely N-dealkylation sites (N-methyl/N-ethyl adjacent to an activating group) is 1. The van der Waals surface area contributed by atoms with Crippen molar-refractivity contribution in [1.82, 2.24) is 15.5 Å². The Labute approximate surface area is 159 Å². The highest BCUT2D eigenvalue weighted by Crippen LogP contribution is 2.22. The third-order valence-corrected chi connectivity index (χ3v) is 4.22. The lowest BCUT2D eigenvalue weighted by Crippen LogP contribution is -2.40. The van der Waals surface area contributed by atoms with E-state index in [9.17, 15) is 9.59 Å². The van der Waals surface area contributed by atoms with Gasteiger partial charge in [-0.25, -0.2) is 4.79 Å². The SMILES string of the molecule is COc1cccc(C(CNC(=O)NCc2cccc(C(N)=O)c2)N(C)C)c1. The van der Waals surface area contributed by atoms with E-state index in [2.05, 4.69) is 10.6 Å². The van der Waals surface area contributed by atoms with Crippen molar-refractivity contribution in [3.05, 3.63) is 65.2 Å². The molecule has 0 aliphatic rings. The van der Waals surface area contributed by atoms with Crippen molar-refractivity contribution in [3.63, 3.8) is 0 Å². The van der Waals surface area contributed by atoms with Gasteiger partial charge in [0.2, 0.25) is 5.91 Å². The van der Waals surface area contributed by atoms with E-state index in [1.54, 1.807) is 25.3 Å². The highest BCUT2D eigenvalue weighted by molar-refractivity contribution is 5.92. The van der Waals surface area contributed by atoms with E-state index in [1.807, 2.05) is 49.3 Å². The molecule has 4 N–H and O–H groups in total. The number of carbonyl (C=O) groups is 2. The van der Waals surface area contributed by atoms with Crippen LogP contribution in [0.5, 0.6) is 5.75 Å². The van der Waals surface area contributed by atoms with Gasteiger partial charge < -0.3 is 26.0 Å². The van der Waals surface area contributed by atoms with Gasteiger partial charge in [0.15, 0.2) is 0 Å². The molecular formula is C20H26N4O3. The van der Waals surface area contributed by atoms with Crippen LogP contribution in [-0.2, 0) is 6.54 Å². The number of carbonyl (C=O) groups excluding carboxylic acids is 2. The first-order valence-corrected chi connectivity index (χ1v) is 8.61. The molecule has 0 saturated heterocycles. The van der Waals surface area contributed by atoms with Gasteiger partial charge in [0.1, 0.15) is 5.75 Å². The fourth-order valence-corrected chi connectivity index (χ4v) is 2.72. The molecule has 2 aromatic rings. The van der Waals surface area contributed by atoms with Gasteiger partial charge in [0.25, 0.3) is 0 Å². The summed E-state index contributed by atoms with van der Waals surface area (Å²) in [6.07, 6.45) is 0. The Kier molecular flexibility index (Phi) is 7.19.